The number of rotatable bonds is 2. The molecule has 0 aliphatic rings. The highest BCUT2D eigenvalue weighted by Crippen LogP contribution is 2.22. The molecule has 0 spiro atoms. The van der Waals surface area contributed by atoms with Crippen LogP contribution in [0.4, 0.5) is 11.4 Å². The Bertz CT molecular complexity index is 777. The normalized spacial score (nSPS) is 10.0. The zero-order chi connectivity index (χ0) is 17.7. The molecule has 0 heterocycles. The Labute approximate surface area is 158 Å². The maximum Gasteiger partial charge on any atom is 0.189 e. The van der Waals surface area contributed by atoms with Gasteiger partial charge in [-0.3, -0.25) is 10.9 Å². The molecule has 0 saturated heterocycles. The molecular formula is C17H19ClN4S2. The lowest BCUT2D eigenvalue weighted by Crippen LogP contribution is -2.45. The van der Waals surface area contributed by atoms with Crippen molar-refractivity contribution in [3.05, 3.63) is 58.1 Å². The number of hydrogen-bond acceptors (Lipinski definition) is 2. The second-order valence-electron chi connectivity index (χ2n) is 5.37. The molecule has 0 aliphatic carbocycles. The number of nitrogens with one attached hydrogen (secondary N) is 4. The summed E-state index contributed by atoms with van der Waals surface area (Å²) in [5.74, 6) is 0. The van der Waals surface area contributed by atoms with Crippen LogP contribution < -0.4 is 21.5 Å². The predicted molar refractivity (Wildman–Crippen MR) is 111 cm³/mol. The summed E-state index contributed by atoms with van der Waals surface area (Å²) in [6, 6.07) is 11.7. The van der Waals surface area contributed by atoms with Crippen LogP contribution in [0, 0.1) is 20.8 Å². The van der Waals surface area contributed by atoms with E-state index in [1.165, 1.54) is 11.1 Å². The molecule has 0 unspecified atom stereocenters. The van der Waals surface area contributed by atoms with E-state index in [1.807, 2.05) is 43.3 Å². The first kappa shape index (κ1) is 18.4. The van der Waals surface area contributed by atoms with Crippen molar-refractivity contribution in [1.82, 2.24) is 10.9 Å². The van der Waals surface area contributed by atoms with Crippen LogP contribution in [-0.4, -0.2) is 10.2 Å². The minimum atomic E-state index is 0.393. The Kier molecular flexibility index (Phi) is 6.36. The van der Waals surface area contributed by atoms with Gasteiger partial charge in [0.2, 0.25) is 0 Å². The molecule has 0 fully saturated rings. The van der Waals surface area contributed by atoms with Gasteiger partial charge in [0, 0.05) is 16.4 Å². The molecule has 4 N–H and O–H groups in total. The van der Waals surface area contributed by atoms with Gasteiger partial charge in [0.05, 0.1) is 0 Å². The van der Waals surface area contributed by atoms with Crippen LogP contribution in [0.5, 0.6) is 0 Å². The average Bonchev–Trinajstić information content (AvgIpc) is 2.53. The lowest BCUT2D eigenvalue weighted by Gasteiger charge is -2.16. The topological polar surface area (TPSA) is 48.1 Å². The number of benzene rings is 2. The number of hydrogen-bond donors (Lipinski definition) is 4. The summed E-state index contributed by atoms with van der Waals surface area (Å²) in [5, 5.41) is 7.67. The van der Waals surface area contributed by atoms with Crippen molar-refractivity contribution in [3.8, 4) is 0 Å². The fourth-order valence-corrected chi connectivity index (χ4v) is 2.50. The SMILES string of the molecule is Cc1ccc(NC(=S)NNC(=S)Nc2cccc(Cl)c2C)cc1C. The molecule has 2 aromatic carbocycles. The van der Waals surface area contributed by atoms with E-state index in [0.29, 0.717) is 15.2 Å². The monoisotopic (exact) mass is 378 g/mol. The van der Waals surface area contributed by atoms with Crippen molar-refractivity contribution in [2.45, 2.75) is 20.8 Å². The molecule has 0 atom stereocenters. The maximum absolute atomic E-state index is 6.09. The number of hydrazine groups is 1. The van der Waals surface area contributed by atoms with Crippen LogP contribution in [0.25, 0.3) is 0 Å². The van der Waals surface area contributed by atoms with Crippen LogP contribution in [0.15, 0.2) is 36.4 Å². The highest BCUT2D eigenvalue weighted by atomic mass is 35.5. The Morgan fingerprint density at radius 2 is 1.54 bits per heavy atom. The lowest BCUT2D eigenvalue weighted by atomic mass is 10.1. The van der Waals surface area contributed by atoms with E-state index < -0.39 is 0 Å². The molecule has 0 bridgehead atoms. The largest absolute Gasteiger partial charge is 0.331 e. The lowest BCUT2D eigenvalue weighted by molar-refractivity contribution is 0.885. The third kappa shape index (κ3) is 5.06. The Balaban J connectivity index is 1.86. The average molecular weight is 379 g/mol. The minimum Gasteiger partial charge on any atom is -0.331 e. The molecule has 7 heteroatoms. The Morgan fingerprint density at radius 3 is 2.21 bits per heavy atom. The van der Waals surface area contributed by atoms with Crippen molar-refractivity contribution in [2.75, 3.05) is 10.6 Å². The molecule has 0 amide bonds. The second kappa shape index (κ2) is 8.28. The minimum absolute atomic E-state index is 0.393. The van der Waals surface area contributed by atoms with E-state index in [4.69, 9.17) is 36.0 Å². The number of anilines is 2. The quantitative estimate of drug-likeness (QED) is 0.457. The summed E-state index contributed by atoms with van der Waals surface area (Å²) in [7, 11) is 0. The van der Waals surface area contributed by atoms with Gasteiger partial charge >= 0.3 is 0 Å². The summed E-state index contributed by atoms with van der Waals surface area (Å²) >= 11 is 16.6. The molecule has 2 aromatic rings. The van der Waals surface area contributed by atoms with Gasteiger partial charge in [0.1, 0.15) is 0 Å². The van der Waals surface area contributed by atoms with E-state index >= 15 is 0 Å². The number of halogens is 1. The molecule has 24 heavy (non-hydrogen) atoms. The third-order valence-corrected chi connectivity index (χ3v) is 4.39. The first-order chi connectivity index (χ1) is 11.4. The van der Waals surface area contributed by atoms with Crippen LogP contribution in [0.2, 0.25) is 5.02 Å². The maximum atomic E-state index is 6.09. The zero-order valence-electron chi connectivity index (χ0n) is 13.7. The molecule has 0 saturated carbocycles. The fraction of sp³-hybridized carbons (Fsp3) is 0.176. The summed E-state index contributed by atoms with van der Waals surface area (Å²) in [6.45, 7) is 6.05. The number of thiocarbonyl (C=S) groups is 2. The van der Waals surface area contributed by atoms with Crippen molar-refractivity contribution >= 4 is 57.6 Å². The molecule has 0 radical (unpaired) electrons. The highest BCUT2D eigenvalue weighted by molar-refractivity contribution is 7.81. The summed E-state index contributed by atoms with van der Waals surface area (Å²) in [6.07, 6.45) is 0. The fourth-order valence-electron chi connectivity index (χ4n) is 1.99. The summed E-state index contributed by atoms with van der Waals surface area (Å²) in [4.78, 5) is 0. The van der Waals surface area contributed by atoms with Gasteiger partial charge in [0.15, 0.2) is 10.2 Å². The van der Waals surface area contributed by atoms with Gasteiger partial charge < -0.3 is 10.6 Å². The Morgan fingerprint density at radius 1 is 0.875 bits per heavy atom. The van der Waals surface area contributed by atoms with Crippen molar-refractivity contribution in [3.63, 3.8) is 0 Å². The van der Waals surface area contributed by atoms with E-state index in [-0.39, 0.29) is 0 Å². The Hall–Kier alpha value is -1.89. The summed E-state index contributed by atoms with van der Waals surface area (Å²) in [5.41, 5.74) is 10.8. The van der Waals surface area contributed by atoms with E-state index in [2.05, 4.69) is 35.3 Å². The second-order valence-corrected chi connectivity index (χ2v) is 6.59. The zero-order valence-corrected chi connectivity index (χ0v) is 16.0. The van der Waals surface area contributed by atoms with Gasteiger partial charge in [-0.05, 0) is 86.2 Å². The van der Waals surface area contributed by atoms with Gasteiger partial charge in [-0.15, -0.1) is 0 Å². The molecule has 2 rings (SSSR count). The van der Waals surface area contributed by atoms with Gasteiger partial charge in [-0.25, -0.2) is 0 Å². The van der Waals surface area contributed by atoms with Crippen molar-refractivity contribution < 1.29 is 0 Å². The van der Waals surface area contributed by atoms with Crippen LogP contribution in [0.1, 0.15) is 16.7 Å². The molecule has 0 aliphatic heterocycles. The van der Waals surface area contributed by atoms with E-state index in [9.17, 15) is 0 Å². The van der Waals surface area contributed by atoms with E-state index in [0.717, 1.165) is 16.9 Å². The predicted octanol–water partition coefficient (Wildman–Crippen LogP) is 4.45. The van der Waals surface area contributed by atoms with Crippen LogP contribution in [0.3, 0.4) is 0 Å². The molecular weight excluding hydrogens is 360 g/mol. The smallest absolute Gasteiger partial charge is 0.189 e. The van der Waals surface area contributed by atoms with Crippen molar-refractivity contribution in [1.29, 1.82) is 0 Å². The highest BCUT2D eigenvalue weighted by Gasteiger charge is 2.05. The summed E-state index contributed by atoms with van der Waals surface area (Å²) < 4.78 is 0. The van der Waals surface area contributed by atoms with Gasteiger partial charge in [-0.2, -0.15) is 0 Å². The van der Waals surface area contributed by atoms with Crippen LogP contribution >= 0.6 is 36.0 Å². The third-order valence-electron chi connectivity index (χ3n) is 3.57. The molecule has 126 valence electrons. The molecule has 0 aromatic heterocycles. The first-order valence-electron chi connectivity index (χ1n) is 7.33. The first-order valence-corrected chi connectivity index (χ1v) is 8.52. The molecule has 4 nitrogen and oxygen atoms in total. The van der Waals surface area contributed by atoms with Gasteiger partial charge in [-0.1, -0.05) is 23.7 Å². The van der Waals surface area contributed by atoms with Crippen molar-refractivity contribution in [2.24, 2.45) is 0 Å². The number of aryl methyl sites for hydroxylation is 2. The van der Waals surface area contributed by atoms with Gasteiger partial charge in [0.25, 0.3) is 0 Å². The van der Waals surface area contributed by atoms with E-state index in [1.54, 1.807) is 0 Å². The standard InChI is InChI=1S/C17H19ClN4S2/c1-10-7-8-13(9-11(10)2)19-16(23)21-22-17(24)20-15-6-4-5-14(18)12(15)3/h4-9H,1-3H3,(H2,19,21,23)(H2,20,22,24). The van der Waals surface area contributed by atoms with Crippen LogP contribution in [-0.2, 0) is 0 Å².